The number of carboxylic acid groups (broad SMARTS) is 1. The van der Waals surface area contributed by atoms with Crippen LogP contribution in [0, 0.1) is 5.92 Å². The molecule has 1 fully saturated rings. The summed E-state index contributed by atoms with van der Waals surface area (Å²) in [5, 5.41) is 20.7. The van der Waals surface area contributed by atoms with Crippen molar-refractivity contribution in [2.45, 2.75) is 49.2 Å². The second kappa shape index (κ2) is 10.7. The summed E-state index contributed by atoms with van der Waals surface area (Å²) in [7, 11) is 0. The Morgan fingerprint density at radius 1 is 1.16 bits per heavy atom. The molecule has 0 saturated heterocycles. The van der Waals surface area contributed by atoms with E-state index in [4.69, 9.17) is 27.9 Å². The molecule has 0 bridgehead atoms. The van der Waals surface area contributed by atoms with Crippen LogP contribution in [0.5, 0.6) is 5.88 Å². The molecular weight excluding hydrogens is 561 g/mol. The van der Waals surface area contributed by atoms with E-state index in [1.54, 1.807) is 31.7 Å². The number of pyridine rings is 1. The third-order valence-corrected chi connectivity index (χ3v) is 10.3. The molecule has 38 heavy (non-hydrogen) atoms. The van der Waals surface area contributed by atoms with E-state index in [-0.39, 0.29) is 24.4 Å². The zero-order valence-electron chi connectivity index (χ0n) is 20.9. The SMILES string of the molecule is CC(C)(O)c1ccccc1SC[C@]1(c2ccccc2COc2ccc3sc(Cl)c(Cl)c3n2)CC1CC(=O)O. The van der Waals surface area contributed by atoms with Gasteiger partial charge in [0, 0.05) is 28.6 Å². The van der Waals surface area contributed by atoms with Crippen LogP contribution in [0.3, 0.4) is 0 Å². The van der Waals surface area contributed by atoms with Crippen LogP contribution >= 0.6 is 46.3 Å². The molecule has 0 radical (unpaired) electrons. The Hall–Kier alpha value is -2.29. The van der Waals surface area contributed by atoms with Crippen molar-refractivity contribution < 1.29 is 19.7 Å². The van der Waals surface area contributed by atoms with E-state index in [0.717, 1.165) is 32.7 Å². The average molecular weight is 589 g/mol. The third kappa shape index (κ3) is 5.54. The van der Waals surface area contributed by atoms with Crippen molar-refractivity contribution in [1.29, 1.82) is 0 Å². The molecule has 1 saturated carbocycles. The molecule has 0 spiro atoms. The number of halogens is 2. The van der Waals surface area contributed by atoms with Crippen molar-refractivity contribution in [1.82, 2.24) is 4.98 Å². The molecule has 1 aliphatic rings. The van der Waals surface area contributed by atoms with Crippen LogP contribution in [0.4, 0.5) is 0 Å². The fourth-order valence-electron chi connectivity index (χ4n) is 5.01. The Kier molecular flexibility index (Phi) is 7.68. The highest BCUT2D eigenvalue weighted by molar-refractivity contribution is 7.99. The molecule has 2 aromatic carbocycles. The summed E-state index contributed by atoms with van der Waals surface area (Å²) in [6.45, 7) is 3.85. The smallest absolute Gasteiger partial charge is 0.303 e. The van der Waals surface area contributed by atoms with E-state index in [1.807, 2.05) is 48.5 Å². The second-order valence-electron chi connectivity index (χ2n) is 10.1. The predicted octanol–water partition coefficient (Wildman–Crippen LogP) is 7.93. The molecule has 1 aliphatic carbocycles. The number of carbonyl (C=O) groups is 1. The molecule has 0 aliphatic heterocycles. The van der Waals surface area contributed by atoms with E-state index < -0.39 is 11.6 Å². The molecule has 5 nitrogen and oxygen atoms in total. The standard InChI is InChI=1S/C29H27Cl2NO4S2/c1-28(2,35)20-9-5-6-10-21(20)37-16-29(14-18(29)13-24(33)34)19-8-4-3-7-17(19)15-36-23-12-11-22-26(32-23)25(30)27(31)38-22/h3-12,18,35H,13-16H2,1-2H3,(H,33,34)/t18?,29-/m1/s1. The van der Waals surface area contributed by atoms with Gasteiger partial charge in [-0.15, -0.1) is 23.1 Å². The molecule has 2 N–H and O–H groups in total. The largest absolute Gasteiger partial charge is 0.481 e. The summed E-state index contributed by atoms with van der Waals surface area (Å²) >= 11 is 15.5. The van der Waals surface area contributed by atoms with Crippen molar-refractivity contribution in [2.24, 2.45) is 5.92 Å². The first-order chi connectivity index (χ1) is 18.1. The van der Waals surface area contributed by atoms with Gasteiger partial charge in [-0.05, 0) is 55.0 Å². The quantitative estimate of drug-likeness (QED) is 0.183. The van der Waals surface area contributed by atoms with Crippen molar-refractivity contribution in [3.8, 4) is 5.88 Å². The van der Waals surface area contributed by atoms with Crippen LogP contribution in [0.15, 0.2) is 65.6 Å². The Morgan fingerprint density at radius 3 is 2.66 bits per heavy atom. The van der Waals surface area contributed by atoms with E-state index in [9.17, 15) is 15.0 Å². The fourth-order valence-corrected chi connectivity index (χ4v) is 8.00. The first-order valence-corrected chi connectivity index (χ1v) is 14.8. The Balaban J connectivity index is 1.41. The van der Waals surface area contributed by atoms with Crippen molar-refractivity contribution in [3.63, 3.8) is 0 Å². The molecule has 5 rings (SSSR count). The molecular formula is C29H27Cl2NO4S2. The van der Waals surface area contributed by atoms with Crippen molar-refractivity contribution in [2.75, 3.05) is 5.75 Å². The van der Waals surface area contributed by atoms with Gasteiger partial charge in [0.05, 0.1) is 15.3 Å². The Morgan fingerprint density at radius 2 is 1.89 bits per heavy atom. The van der Waals surface area contributed by atoms with Gasteiger partial charge in [-0.2, -0.15) is 0 Å². The maximum absolute atomic E-state index is 11.7. The number of hydrogen-bond acceptors (Lipinski definition) is 6. The molecule has 2 atom stereocenters. The lowest BCUT2D eigenvalue weighted by Crippen LogP contribution is -2.20. The van der Waals surface area contributed by atoms with Crippen LogP contribution < -0.4 is 4.74 Å². The average Bonchev–Trinajstić information content (AvgIpc) is 3.50. The first-order valence-electron chi connectivity index (χ1n) is 12.2. The number of aliphatic hydroxyl groups is 1. The number of rotatable bonds is 10. The van der Waals surface area contributed by atoms with Gasteiger partial charge in [-0.1, -0.05) is 65.7 Å². The van der Waals surface area contributed by atoms with Crippen LogP contribution in [-0.2, 0) is 22.4 Å². The fraction of sp³-hybridized carbons (Fsp3) is 0.310. The topological polar surface area (TPSA) is 79.7 Å². The highest BCUT2D eigenvalue weighted by Gasteiger charge is 2.56. The highest BCUT2D eigenvalue weighted by Crippen LogP contribution is 2.59. The summed E-state index contributed by atoms with van der Waals surface area (Å²) in [5.74, 6) is 0.368. The zero-order valence-corrected chi connectivity index (χ0v) is 24.1. The Labute approximate surface area is 239 Å². The number of fused-ring (bicyclic) bond motifs is 1. The summed E-state index contributed by atoms with van der Waals surface area (Å²) in [5.41, 5.74) is 2.29. The number of ether oxygens (including phenoxy) is 1. The van der Waals surface area contributed by atoms with E-state index >= 15 is 0 Å². The predicted molar refractivity (Wildman–Crippen MR) is 155 cm³/mol. The first kappa shape index (κ1) is 27.3. The van der Waals surface area contributed by atoms with Crippen molar-refractivity contribution >= 4 is 62.5 Å². The van der Waals surface area contributed by atoms with Crippen LogP contribution in [0.25, 0.3) is 10.2 Å². The molecule has 0 amide bonds. The second-order valence-corrected chi connectivity index (χ2v) is 13.2. The number of aromatic nitrogens is 1. The minimum absolute atomic E-state index is 0.0178. The Bertz CT molecular complexity index is 1500. The number of benzene rings is 2. The number of thioether (sulfide) groups is 1. The minimum Gasteiger partial charge on any atom is -0.481 e. The molecule has 2 heterocycles. The lowest BCUT2D eigenvalue weighted by molar-refractivity contribution is -0.137. The molecule has 1 unspecified atom stereocenters. The number of aliphatic carboxylic acids is 1. The summed E-state index contributed by atoms with van der Waals surface area (Å²) in [4.78, 5) is 17.2. The summed E-state index contributed by atoms with van der Waals surface area (Å²) in [6.07, 6.45) is 0.889. The number of carboxylic acids is 1. The van der Waals surface area contributed by atoms with Gasteiger partial charge in [0.2, 0.25) is 5.88 Å². The maximum Gasteiger partial charge on any atom is 0.303 e. The molecule has 9 heteroatoms. The minimum atomic E-state index is -0.976. The number of nitrogens with zero attached hydrogens (tertiary/aromatic N) is 1. The lowest BCUT2D eigenvalue weighted by Gasteiger charge is -2.24. The number of thiophene rings is 1. The summed E-state index contributed by atoms with van der Waals surface area (Å²) < 4.78 is 7.50. The molecule has 2 aromatic heterocycles. The van der Waals surface area contributed by atoms with Crippen LogP contribution in [0.1, 0.15) is 43.4 Å². The number of hydrogen-bond donors (Lipinski definition) is 2. The summed E-state index contributed by atoms with van der Waals surface area (Å²) in [6, 6.07) is 19.6. The third-order valence-electron chi connectivity index (χ3n) is 7.03. The van der Waals surface area contributed by atoms with Gasteiger partial charge in [0.25, 0.3) is 0 Å². The van der Waals surface area contributed by atoms with Gasteiger partial charge < -0.3 is 14.9 Å². The van der Waals surface area contributed by atoms with Crippen LogP contribution in [-0.4, -0.2) is 26.9 Å². The van der Waals surface area contributed by atoms with Crippen molar-refractivity contribution in [3.05, 3.63) is 86.7 Å². The van der Waals surface area contributed by atoms with Crippen LogP contribution in [0.2, 0.25) is 9.36 Å². The van der Waals surface area contributed by atoms with Gasteiger partial charge in [0.1, 0.15) is 16.5 Å². The van der Waals surface area contributed by atoms with E-state index in [2.05, 4.69) is 11.1 Å². The molecule has 198 valence electrons. The molecule has 4 aromatic rings. The van der Waals surface area contributed by atoms with Gasteiger partial charge in [0.15, 0.2) is 0 Å². The van der Waals surface area contributed by atoms with Gasteiger partial charge >= 0.3 is 5.97 Å². The van der Waals surface area contributed by atoms with Gasteiger partial charge in [-0.3, -0.25) is 4.79 Å². The zero-order chi connectivity index (χ0) is 27.1. The van der Waals surface area contributed by atoms with E-state index in [1.165, 1.54) is 11.3 Å². The monoisotopic (exact) mass is 587 g/mol. The highest BCUT2D eigenvalue weighted by atomic mass is 35.5. The normalized spacial score (nSPS) is 19.0. The lowest BCUT2D eigenvalue weighted by atomic mass is 9.90. The van der Waals surface area contributed by atoms with Gasteiger partial charge in [-0.25, -0.2) is 4.98 Å². The van der Waals surface area contributed by atoms with E-state index in [0.29, 0.717) is 26.5 Å². The maximum atomic E-state index is 11.7.